The molecule has 0 aliphatic heterocycles. The fraction of sp³-hybridized carbons (Fsp3) is 0.533. The van der Waals surface area contributed by atoms with Gasteiger partial charge in [0.1, 0.15) is 5.82 Å². The first kappa shape index (κ1) is 21.6. The lowest BCUT2D eigenvalue weighted by molar-refractivity contribution is 0.0268. The molecule has 22 heavy (non-hydrogen) atoms. The Hall–Kier alpha value is -0.410. The monoisotopic (exact) mass is 487 g/mol. The molecule has 2 N–H and O–H groups in total. The van der Waals surface area contributed by atoms with Crippen LogP contribution in [-0.4, -0.2) is 31.8 Å². The molecule has 0 aliphatic carbocycles. The number of benzene rings is 1. The maximum atomic E-state index is 13.7. The largest absolute Gasteiger partial charge is 0.377 e. The van der Waals surface area contributed by atoms with E-state index in [4.69, 9.17) is 4.74 Å². The van der Waals surface area contributed by atoms with Crippen molar-refractivity contribution in [2.75, 3.05) is 20.2 Å². The fourth-order valence-electron chi connectivity index (χ4n) is 1.54. The third-order valence-electron chi connectivity index (χ3n) is 2.99. The van der Waals surface area contributed by atoms with Crippen LogP contribution in [0.25, 0.3) is 0 Å². The van der Waals surface area contributed by atoms with Crippen molar-refractivity contribution in [2.24, 2.45) is 4.99 Å². The molecule has 0 spiro atoms. The van der Waals surface area contributed by atoms with Crippen LogP contribution in [0, 0.1) is 5.82 Å². The molecule has 0 bridgehead atoms. The highest BCUT2D eigenvalue weighted by Crippen LogP contribution is 2.16. The van der Waals surface area contributed by atoms with Gasteiger partial charge in [-0.15, -0.1) is 24.0 Å². The van der Waals surface area contributed by atoms with Crippen LogP contribution in [0.2, 0.25) is 0 Å². The third-order valence-corrected chi connectivity index (χ3v) is 3.49. The van der Waals surface area contributed by atoms with Gasteiger partial charge in [-0.25, -0.2) is 9.38 Å². The summed E-state index contributed by atoms with van der Waals surface area (Å²) in [6.07, 6.45) is 0. The lowest BCUT2D eigenvalue weighted by Gasteiger charge is -2.24. The van der Waals surface area contributed by atoms with Crippen molar-refractivity contribution in [3.05, 3.63) is 34.1 Å². The van der Waals surface area contributed by atoms with Crippen molar-refractivity contribution in [1.29, 1.82) is 0 Å². The van der Waals surface area contributed by atoms with Crippen molar-refractivity contribution in [2.45, 2.75) is 32.9 Å². The van der Waals surface area contributed by atoms with Gasteiger partial charge in [-0.05, 0) is 39.0 Å². The Labute approximate surface area is 157 Å². The highest BCUT2D eigenvalue weighted by molar-refractivity contribution is 14.0. The molecule has 7 heteroatoms. The molecule has 0 aromatic heterocycles. The first-order chi connectivity index (χ1) is 9.88. The Bertz CT molecular complexity index is 498. The zero-order chi connectivity index (χ0) is 15.9. The van der Waals surface area contributed by atoms with Gasteiger partial charge in [0.25, 0.3) is 0 Å². The summed E-state index contributed by atoms with van der Waals surface area (Å²) in [5.74, 6) is 0.386. The molecule has 0 saturated carbocycles. The molecule has 4 nitrogen and oxygen atoms in total. The van der Waals surface area contributed by atoms with Crippen LogP contribution in [-0.2, 0) is 11.3 Å². The van der Waals surface area contributed by atoms with Gasteiger partial charge in [-0.3, -0.25) is 0 Å². The number of aliphatic imine (C=N–C) groups is 1. The van der Waals surface area contributed by atoms with E-state index in [1.165, 1.54) is 6.07 Å². The number of halogens is 3. The normalized spacial score (nSPS) is 11.8. The van der Waals surface area contributed by atoms with Gasteiger partial charge in [0, 0.05) is 30.2 Å². The molecule has 0 atom stereocenters. The van der Waals surface area contributed by atoms with Crippen LogP contribution in [0.15, 0.2) is 27.7 Å². The Morgan fingerprint density at radius 1 is 1.36 bits per heavy atom. The highest BCUT2D eigenvalue weighted by Gasteiger charge is 2.16. The van der Waals surface area contributed by atoms with Crippen LogP contribution in [0.5, 0.6) is 0 Å². The summed E-state index contributed by atoms with van der Waals surface area (Å²) < 4.78 is 19.9. The second kappa shape index (κ2) is 10.4. The predicted molar refractivity (Wildman–Crippen MR) is 103 cm³/mol. The topological polar surface area (TPSA) is 45.7 Å². The molecule has 0 fully saturated rings. The van der Waals surface area contributed by atoms with Gasteiger partial charge in [0.2, 0.25) is 0 Å². The number of methoxy groups -OCH3 is 1. The molecular weight excluding hydrogens is 464 g/mol. The van der Waals surface area contributed by atoms with Gasteiger partial charge in [-0.1, -0.05) is 15.9 Å². The van der Waals surface area contributed by atoms with E-state index in [0.717, 1.165) is 11.0 Å². The quantitative estimate of drug-likeness (QED) is 0.365. The maximum Gasteiger partial charge on any atom is 0.191 e. The molecule has 0 aliphatic rings. The number of nitrogens with one attached hydrogen (secondary N) is 2. The number of hydrogen-bond acceptors (Lipinski definition) is 2. The lowest BCUT2D eigenvalue weighted by atomic mass is 10.1. The molecule has 0 amide bonds. The number of ether oxygens (including phenoxy) is 1. The summed E-state index contributed by atoms with van der Waals surface area (Å²) in [4.78, 5) is 4.40. The molecule has 0 radical (unpaired) electrons. The van der Waals surface area contributed by atoms with Gasteiger partial charge in [0.05, 0.1) is 12.1 Å². The van der Waals surface area contributed by atoms with E-state index in [-0.39, 0.29) is 41.9 Å². The first-order valence-corrected chi connectivity index (χ1v) is 7.68. The molecule has 1 rings (SSSR count). The zero-order valence-corrected chi connectivity index (χ0v) is 17.3. The summed E-state index contributed by atoms with van der Waals surface area (Å²) in [5.41, 5.74) is 0.254. The summed E-state index contributed by atoms with van der Waals surface area (Å²) in [6.45, 7) is 7.57. The van der Waals surface area contributed by atoms with Crippen LogP contribution >= 0.6 is 39.9 Å². The smallest absolute Gasteiger partial charge is 0.191 e. The Morgan fingerprint density at radius 2 is 2.05 bits per heavy atom. The molecule has 1 aromatic carbocycles. The highest BCUT2D eigenvalue weighted by atomic mass is 127. The van der Waals surface area contributed by atoms with Gasteiger partial charge < -0.3 is 15.4 Å². The predicted octanol–water partition coefficient (Wildman–Crippen LogP) is 3.69. The van der Waals surface area contributed by atoms with Crippen molar-refractivity contribution >= 4 is 45.9 Å². The van der Waals surface area contributed by atoms with Crippen LogP contribution in [0.4, 0.5) is 4.39 Å². The van der Waals surface area contributed by atoms with E-state index >= 15 is 0 Å². The Balaban J connectivity index is 0.00000441. The van der Waals surface area contributed by atoms with Crippen LogP contribution in [0.1, 0.15) is 26.3 Å². The number of rotatable bonds is 6. The average molecular weight is 488 g/mol. The van der Waals surface area contributed by atoms with Gasteiger partial charge in [-0.2, -0.15) is 0 Å². The molecule has 0 heterocycles. The first-order valence-electron chi connectivity index (χ1n) is 6.89. The summed E-state index contributed by atoms with van der Waals surface area (Å²) in [5, 5.41) is 6.33. The van der Waals surface area contributed by atoms with Gasteiger partial charge >= 0.3 is 0 Å². The molecule has 1 aromatic rings. The van der Waals surface area contributed by atoms with Crippen molar-refractivity contribution in [1.82, 2.24) is 10.6 Å². The maximum absolute atomic E-state index is 13.7. The average Bonchev–Trinajstić information content (AvgIpc) is 2.45. The SMILES string of the molecule is CCNC(=NCc1cc(Br)ccc1F)NCC(C)(C)OC.I. The third kappa shape index (κ3) is 7.73. The van der Waals surface area contributed by atoms with E-state index in [0.29, 0.717) is 18.1 Å². The van der Waals surface area contributed by atoms with Crippen molar-refractivity contribution < 1.29 is 9.13 Å². The van der Waals surface area contributed by atoms with Crippen LogP contribution in [0.3, 0.4) is 0 Å². The van der Waals surface area contributed by atoms with Crippen molar-refractivity contribution in [3.8, 4) is 0 Å². The summed E-state index contributed by atoms with van der Waals surface area (Å²) in [7, 11) is 1.67. The molecular formula is C15H24BrFIN3O. The molecule has 0 saturated heterocycles. The number of guanidine groups is 1. The van der Waals surface area contributed by atoms with Gasteiger partial charge in [0.15, 0.2) is 5.96 Å². The van der Waals surface area contributed by atoms with E-state index < -0.39 is 0 Å². The lowest BCUT2D eigenvalue weighted by Crippen LogP contribution is -2.45. The fourth-order valence-corrected chi connectivity index (χ4v) is 1.95. The second-order valence-electron chi connectivity index (χ2n) is 5.25. The van der Waals surface area contributed by atoms with E-state index in [9.17, 15) is 4.39 Å². The van der Waals surface area contributed by atoms with E-state index in [1.54, 1.807) is 19.2 Å². The summed E-state index contributed by atoms with van der Waals surface area (Å²) in [6, 6.07) is 4.85. The minimum absolute atomic E-state index is 0. The standard InChI is InChI=1S/C15H23BrFN3O.HI/c1-5-18-14(20-10-15(2,3)21-4)19-9-11-8-12(16)6-7-13(11)17;/h6-8H,5,9-10H2,1-4H3,(H2,18,19,20);1H. The van der Waals surface area contributed by atoms with Crippen LogP contribution < -0.4 is 10.6 Å². The van der Waals surface area contributed by atoms with E-state index in [1.807, 2.05) is 20.8 Å². The summed E-state index contributed by atoms with van der Waals surface area (Å²) >= 11 is 3.34. The molecule has 0 unspecified atom stereocenters. The van der Waals surface area contributed by atoms with Crippen molar-refractivity contribution in [3.63, 3.8) is 0 Å². The zero-order valence-electron chi connectivity index (χ0n) is 13.4. The number of nitrogens with zero attached hydrogens (tertiary/aromatic N) is 1. The van der Waals surface area contributed by atoms with E-state index in [2.05, 4.69) is 31.6 Å². The number of hydrogen-bond donors (Lipinski definition) is 2. The Morgan fingerprint density at radius 3 is 2.64 bits per heavy atom. The minimum atomic E-state index is -0.294. The minimum Gasteiger partial charge on any atom is -0.377 e. The second-order valence-corrected chi connectivity index (χ2v) is 6.16. The molecule has 126 valence electrons. The Kier molecular flexibility index (Phi) is 10.2.